The van der Waals surface area contributed by atoms with Crippen LogP contribution in [0.3, 0.4) is 0 Å². The van der Waals surface area contributed by atoms with Crippen LogP contribution in [0.4, 0.5) is 11.4 Å². The molecule has 1 heterocycles. The second-order valence-electron chi connectivity index (χ2n) is 8.27. The van der Waals surface area contributed by atoms with Gasteiger partial charge >= 0.3 is 0 Å². The summed E-state index contributed by atoms with van der Waals surface area (Å²) in [5, 5.41) is 3.45. The van der Waals surface area contributed by atoms with Gasteiger partial charge in [-0.3, -0.25) is 14.5 Å². The zero-order chi connectivity index (χ0) is 26.2. The van der Waals surface area contributed by atoms with Crippen molar-refractivity contribution in [2.24, 2.45) is 4.99 Å². The van der Waals surface area contributed by atoms with Gasteiger partial charge in [0.1, 0.15) is 16.7 Å². The molecule has 0 aliphatic carbocycles. The number of thioether (sulfide) groups is 1. The van der Waals surface area contributed by atoms with Crippen LogP contribution in [0.1, 0.15) is 18.9 Å². The molecule has 2 amide bonds. The topological polar surface area (TPSA) is 80.2 Å². The van der Waals surface area contributed by atoms with Crippen molar-refractivity contribution in [2.75, 3.05) is 25.6 Å². The van der Waals surface area contributed by atoms with Crippen LogP contribution in [0.25, 0.3) is 0 Å². The van der Waals surface area contributed by atoms with Gasteiger partial charge in [0.25, 0.3) is 0 Å². The molecule has 0 radical (unpaired) electrons. The number of rotatable bonds is 9. The Kier molecular flexibility index (Phi) is 9.09. The Morgan fingerprint density at radius 1 is 1.05 bits per heavy atom. The van der Waals surface area contributed by atoms with E-state index in [1.807, 2.05) is 55.5 Å². The molecule has 3 aromatic rings. The standard InChI is InChI=1S/C28H28ClN3O4S/c1-3-36-24-14-10-21(11-15-24)30-27(34)25-18-26(33)32(17-16-19-4-6-20(29)7-5-19)28(37-25)31-22-8-12-23(35-2)13-9-22/h4-15,25H,3,16-18H2,1-2H3,(H,30,34). The molecule has 1 aliphatic heterocycles. The van der Waals surface area contributed by atoms with E-state index in [4.69, 9.17) is 26.1 Å². The maximum Gasteiger partial charge on any atom is 0.238 e. The van der Waals surface area contributed by atoms with E-state index in [2.05, 4.69) is 5.32 Å². The quantitative estimate of drug-likeness (QED) is 0.365. The average molecular weight is 538 g/mol. The van der Waals surface area contributed by atoms with Crippen molar-refractivity contribution in [2.45, 2.75) is 25.0 Å². The monoisotopic (exact) mass is 537 g/mol. The first-order valence-electron chi connectivity index (χ1n) is 11.9. The largest absolute Gasteiger partial charge is 0.497 e. The van der Waals surface area contributed by atoms with Crippen molar-refractivity contribution in [1.82, 2.24) is 4.90 Å². The minimum absolute atomic E-state index is 0.0791. The summed E-state index contributed by atoms with van der Waals surface area (Å²) in [6, 6.07) is 22.0. The minimum atomic E-state index is -0.608. The number of nitrogens with zero attached hydrogens (tertiary/aromatic N) is 2. The van der Waals surface area contributed by atoms with Gasteiger partial charge in [0.2, 0.25) is 11.8 Å². The third kappa shape index (κ3) is 7.27. The smallest absolute Gasteiger partial charge is 0.238 e. The molecule has 4 rings (SSSR count). The summed E-state index contributed by atoms with van der Waals surface area (Å²) in [4.78, 5) is 32.7. The number of amidine groups is 1. The minimum Gasteiger partial charge on any atom is -0.497 e. The highest BCUT2D eigenvalue weighted by Gasteiger charge is 2.35. The molecule has 7 nitrogen and oxygen atoms in total. The molecule has 1 fully saturated rings. The molecule has 1 saturated heterocycles. The predicted octanol–water partition coefficient (Wildman–Crippen LogP) is 5.95. The third-order valence-corrected chi connectivity index (χ3v) is 7.14. The molecule has 1 aliphatic rings. The van der Waals surface area contributed by atoms with Gasteiger partial charge in [-0.15, -0.1) is 0 Å². The lowest BCUT2D eigenvalue weighted by Crippen LogP contribution is -2.46. The van der Waals surface area contributed by atoms with Crippen molar-refractivity contribution >= 4 is 51.7 Å². The van der Waals surface area contributed by atoms with Crippen molar-refractivity contribution in [1.29, 1.82) is 0 Å². The fourth-order valence-corrected chi connectivity index (χ4v) is 5.00. The number of anilines is 1. The summed E-state index contributed by atoms with van der Waals surface area (Å²) >= 11 is 7.29. The van der Waals surface area contributed by atoms with Crippen LogP contribution in [0.5, 0.6) is 11.5 Å². The number of aliphatic imine (C=N–C) groups is 1. The lowest BCUT2D eigenvalue weighted by molar-refractivity contribution is -0.129. The SMILES string of the molecule is CCOc1ccc(NC(=O)C2CC(=O)N(CCc3ccc(Cl)cc3)C(=Nc3ccc(OC)cc3)S2)cc1. The van der Waals surface area contributed by atoms with E-state index in [1.165, 1.54) is 11.8 Å². The van der Waals surface area contributed by atoms with Gasteiger partial charge in [0.05, 0.1) is 19.4 Å². The van der Waals surface area contributed by atoms with Gasteiger partial charge in [0.15, 0.2) is 5.17 Å². The molecule has 0 bridgehead atoms. The first-order valence-corrected chi connectivity index (χ1v) is 13.2. The van der Waals surface area contributed by atoms with E-state index < -0.39 is 5.25 Å². The van der Waals surface area contributed by atoms with Crippen LogP contribution in [-0.2, 0) is 16.0 Å². The maximum atomic E-state index is 13.2. The second kappa shape index (κ2) is 12.7. The summed E-state index contributed by atoms with van der Waals surface area (Å²) in [5.41, 5.74) is 2.36. The zero-order valence-corrected chi connectivity index (χ0v) is 22.2. The van der Waals surface area contributed by atoms with Crippen LogP contribution >= 0.6 is 23.4 Å². The molecule has 192 valence electrons. The maximum absolute atomic E-state index is 13.2. The number of nitrogens with one attached hydrogen (secondary N) is 1. The molecule has 1 unspecified atom stereocenters. The number of amides is 2. The Morgan fingerprint density at radius 2 is 1.73 bits per heavy atom. The fraction of sp³-hybridized carbons (Fsp3) is 0.250. The summed E-state index contributed by atoms with van der Waals surface area (Å²) in [7, 11) is 1.60. The molecule has 3 aromatic carbocycles. The van der Waals surface area contributed by atoms with Crippen LogP contribution in [0.15, 0.2) is 77.8 Å². The molecule has 0 aromatic heterocycles. The number of methoxy groups -OCH3 is 1. The Hall–Kier alpha value is -3.49. The molecule has 0 spiro atoms. The van der Waals surface area contributed by atoms with E-state index in [0.717, 1.165) is 11.3 Å². The Bertz CT molecular complexity index is 1250. The lowest BCUT2D eigenvalue weighted by Gasteiger charge is -2.32. The molecule has 37 heavy (non-hydrogen) atoms. The molecular formula is C28H28ClN3O4S. The number of hydrogen-bond donors (Lipinski definition) is 1. The molecule has 1 atom stereocenters. The van der Waals surface area contributed by atoms with Crippen LogP contribution < -0.4 is 14.8 Å². The molecule has 0 saturated carbocycles. The third-order valence-electron chi connectivity index (χ3n) is 5.70. The second-order valence-corrected chi connectivity index (χ2v) is 9.88. The summed E-state index contributed by atoms with van der Waals surface area (Å²) in [6.07, 6.45) is 0.712. The van der Waals surface area contributed by atoms with Gasteiger partial charge in [0, 0.05) is 23.7 Å². The first kappa shape index (κ1) is 26.6. The number of halogens is 1. The number of benzene rings is 3. The number of carbonyl (C=O) groups excluding carboxylic acids is 2. The number of hydrogen-bond acceptors (Lipinski definition) is 6. The Balaban J connectivity index is 1.52. The van der Waals surface area contributed by atoms with E-state index in [0.29, 0.717) is 46.9 Å². The zero-order valence-electron chi connectivity index (χ0n) is 20.6. The highest BCUT2D eigenvalue weighted by atomic mass is 35.5. The van der Waals surface area contributed by atoms with Crippen molar-refractivity contribution in [3.05, 3.63) is 83.4 Å². The summed E-state index contributed by atoms with van der Waals surface area (Å²) < 4.78 is 10.7. The van der Waals surface area contributed by atoms with Crippen LogP contribution in [-0.4, -0.2) is 47.4 Å². The normalized spacial score (nSPS) is 16.5. The Labute approximate surface area is 225 Å². The van der Waals surface area contributed by atoms with E-state index in [1.54, 1.807) is 36.3 Å². The van der Waals surface area contributed by atoms with Gasteiger partial charge < -0.3 is 14.8 Å². The van der Waals surface area contributed by atoms with Gasteiger partial charge in [-0.2, -0.15) is 0 Å². The van der Waals surface area contributed by atoms with E-state index in [9.17, 15) is 9.59 Å². The van der Waals surface area contributed by atoms with Crippen molar-refractivity contribution < 1.29 is 19.1 Å². The van der Waals surface area contributed by atoms with Crippen molar-refractivity contribution in [3.8, 4) is 11.5 Å². The average Bonchev–Trinajstić information content (AvgIpc) is 2.91. The molecule has 9 heteroatoms. The van der Waals surface area contributed by atoms with Gasteiger partial charge in [-0.1, -0.05) is 35.5 Å². The predicted molar refractivity (Wildman–Crippen MR) is 149 cm³/mol. The Morgan fingerprint density at radius 3 is 2.38 bits per heavy atom. The lowest BCUT2D eigenvalue weighted by atomic mass is 10.1. The highest BCUT2D eigenvalue weighted by Crippen LogP contribution is 2.31. The van der Waals surface area contributed by atoms with Gasteiger partial charge in [-0.05, 0) is 79.6 Å². The number of ether oxygens (including phenoxy) is 2. The summed E-state index contributed by atoms with van der Waals surface area (Å²) in [6.45, 7) is 2.92. The summed E-state index contributed by atoms with van der Waals surface area (Å²) in [5.74, 6) is 1.05. The van der Waals surface area contributed by atoms with E-state index in [-0.39, 0.29) is 18.2 Å². The molecular weight excluding hydrogens is 510 g/mol. The number of carbonyl (C=O) groups is 2. The van der Waals surface area contributed by atoms with Gasteiger partial charge in [-0.25, -0.2) is 4.99 Å². The first-order chi connectivity index (χ1) is 17.9. The van der Waals surface area contributed by atoms with E-state index >= 15 is 0 Å². The van der Waals surface area contributed by atoms with Crippen LogP contribution in [0, 0.1) is 0 Å². The highest BCUT2D eigenvalue weighted by molar-refractivity contribution is 8.15. The fourth-order valence-electron chi connectivity index (χ4n) is 3.74. The van der Waals surface area contributed by atoms with Crippen molar-refractivity contribution in [3.63, 3.8) is 0 Å². The van der Waals surface area contributed by atoms with Crippen LogP contribution in [0.2, 0.25) is 5.02 Å². The molecule has 1 N–H and O–H groups in total.